The van der Waals surface area contributed by atoms with E-state index in [1.807, 2.05) is 18.2 Å². The van der Waals surface area contributed by atoms with E-state index in [0.717, 1.165) is 12.5 Å². The molecule has 0 bridgehead atoms. The van der Waals surface area contributed by atoms with Crippen LogP contribution in [0.5, 0.6) is 5.75 Å². The third-order valence-electron chi connectivity index (χ3n) is 2.09. The number of fused-ring (bicyclic) bond motifs is 1. The van der Waals surface area contributed by atoms with Crippen LogP contribution >= 0.6 is 45.2 Å². The summed E-state index contributed by atoms with van der Waals surface area (Å²) in [6, 6.07) is 5.73. The number of pyridine rings is 1. The van der Waals surface area contributed by atoms with Crippen molar-refractivity contribution in [1.29, 1.82) is 0 Å². The summed E-state index contributed by atoms with van der Waals surface area (Å²) >= 11 is 4.34. The number of carboxylic acids is 1. The Balaban J connectivity index is 2.57. The summed E-state index contributed by atoms with van der Waals surface area (Å²) in [4.78, 5) is 14.8. The SMILES string of the molecule is O=C(O)COc1c(I)cc(I)c2cccnc12. The first-order chi connectivity index (χ1) is 8.09. The zero-order chi connectivity index (χ0) is 12.4. The van der Waals surface area contributed by atoms with Gasteiger partial charge in [-0.1, -0.05) is 6.07 Å². The quantitative estimate of drug-likeness (QED) is 0.724. The fraction of sp³-hybridized carbons (Fsp3) is 0.0909. The van der Waals surface area contributed by atoms with Crippen LogP contribution in [0.2, 0.25) is 0 Å². The van der Waals surface area contributed by atoms with E-state index >= 15 is 0 Å². The summed E-state index contributed by atoms with van der Waals surface area (Å²) in [6.45, 7) is -0.359. The average molecular weight is 455 g/mol. The molecule has 0 saturated carbocycles. The maximum Gasteiger partial charge on any atom is 0.341 e. The topological polar surface area (TPSA) is 59.4 Å². The van der Waals surface area contributed by atoms with Gasteiger partial charge in [-0.15, -0.1) is 0 Å². The van der Waals surface area contributed by atoms with E-state index in [1.165, 1.54) is 0 Å². The summed E-state index contributed by atoms with van der Waals surface area (Å²) in [6.07, 6.45) is 1.67. The molecule has 2 rings (SSSR count). The number of hydrogen-bond donors (Lipinski definition) is 1. The Bertz CT molecular complexity index is 586. The molecular formula is C11H7I2NO3. The van der Waals surface area contributed by atoms with Crippen molar-refractivity contribution in [3.05, 3.63) is 31.5 Å². The van der Waals surface area contributed by atoms with Crippen molar-refractivity contribution >= 4 is 62.1 Å². The maximum atomic E-state index is 10.5. The molecule has 1 N–H and O–H groups in total. The number of ether oxygens (including phenoxy) is 1. The largest absolute Gasteiger partial charge is 0.479 e. The number of benzene rings is 1. The zero-order valence-electron chi connectivity index (χ0n) is 8.48. The smallest absolute Gasteiger partial charge is 0.341 e. The van der Waals surface area contributed by atoms with Gasteiger partial charge in [0.05, 0.1) is 3.57 Å². The molecule has 0 aliphatic carbocycles. The number of halogens is 2. The minimum absolute atomic E-state index is 0.359. The highest BCUT2D eigenvalue weighted by Gasteiger charge is 2.12. The van der Waals surface area contributed by atoms with Gasteiger partial charge in [-0.2, -0.15) is 0 Å². The first-order valence-electron chi connectivity index (χ1n) is 4.67. The molecule has 0 aliphatic rings. The molecule has 4 nitrogen and oxygen atoms in total. The van der Waals surface area contributed by atoms with E-state index in [4.69, 9.17) is 9.84 Å². The number of nitrogens with zero attached hydrogens (tertiary/aromatic N) is 1. The lowest BCUT2D eigenvalue weighted by molar-refractivity contribution is -0.139. The molecular weight excluding hydrogens is 448 g/mol. The van der Waals surface area contributed by atoms with Crippen molar-refractivity contribution in [2.75, 3.05) is 6.61 Å². The van der Waals surface area contributed by atoms with Gasteiger partial charge in [-0.3, -0.25) is 4.98 Å². The molecule has 0 radical (unpaired) electrons. The minimum atomic E-state index is -0.997. The van der Waals surface area contributed by atoms with Crippen LogP contribution in [0.1, 0.15) is 0 Å². The zero-order valence-corrected chi connectivity index (χ0v) is 12.8. The third kappa shape index (κ3) is 2.79. The Morgan fingerprint density at radius 2 is 2.18 bits per heavy atom. The fourth-order valence-electron chi connectivity index (χ4n) is 1.42. The van der Waals surface area contributed by atoms with Crippen molar-refractivity contribution in [2.24, 2.45) is 0 Å². The highest BCUT2D eigenvalue weighted by molar-refractivity contribution is 14.1. The van der Waals surface area contributed by atoms with Gasteiger partial charge in [-0.05, 0) is 57.3 Å². The second-order valence-electron chi connectivity index (χ2n) is 3.25. The molecule has 88 valence electrons. The summed E-state index contributed by atoms with van der Waals surface area (Å²) < 4.78 is 7.22. The number of carboxylic acid groups (broad SMARTS) is 1. The highest BCUT2D eigenvalue weighted by Crippen LogP contribution is 2.32. The van der Waals surface area contributed by atoms with Crippen molar-refractivity contribution in [3.8, 4) is 5.75 Å². The molecule has 1 heterocycles. The predicted octanol–water partition coefficient (Wildman–Crippen LogP) is 2.91. The average Bonchev–Trinajstić information content (AvgIpc) is 2.28. The monoisotopic (exact) mass is 455 g/mol. The molecule has 1 aromatic carbocycles. The first kappa shape index (κ1) is 12.8. The van der Waals surface area contributed by atoms with Crippen LogP contribution in [0.15, 0.2) is 24.4 Å². The second-order valence-corrected chi connectivity index (χ2v) is 5.58. The lowest BCUT2D eigenvalue weighted by Gasteiger charge is -2.10. The lowest BCUT2D eigenvalue weighted by Crippen LogP contribution is -2.10. The van der Waals surface area contributed by atoms with Crippen LogP contribution in [-0.4, -0.2) is 22.7 Å². The third-order valence-corrected chi connectivity index (χ3v) is 3.78. The van der Waals surface area contributed by atoms with Crippen LogP contribution in [0, 0.1) is 7.14 Å². The van der Waals surface area contributed by atoms with E-state index in [-0.39, 0.29) is 6.61 Å². The molecule has 0 amide bonds. The molecule has 6 heteroatoms. The van der Waals surface area contributed by atoms with Crippen molar-refractivity contribution in [3.63, 3.8) is 0 Å². The van der Waals surface area contributed by atoms with Crippen LogP contribution in [0.3, 0.4) is 0 Å². The van der Waals surface area contributed by atoms with Crippen LogP contribution in [0.25, 0.3) is 10.9 Å². The van der Waals surface area contributed by atoms with Gasteiger partial charge in [-0.25, -0.2) is 4.79 Å². The molecule has 0 fully saturated rings. The van der Waals surface area contributed by atoms with Crippen molar-refractivity contribution in [2.45, 2.75) is 0 Å². The van der Waals surface area contributed by atoms with Gasteiger partial charge >= 0.3 is 5.97 Å². The van der Waals surface area contributed by atoms with E-state index in [1.54, 1.807) is 6.20 Å². The Labute approximate surface area is 125 Å². The molecule has 0 unspecified atom stereocenters. The normalized spacial score (nSPS) is 10.5. The van der Waals surface area contributed by atoms with Gasteiger partial charge in [0, 0.05) is 15.2 Å². The molecule has 0 atom stereocenters. The Hall–Kier alpha value is -0.640. The number of carbonyl (C=O) groups is 1. The van der Waals surface area contributed by atoms with Crippen molar-refractivity contribution in [1.82, 2.24) is 4.98 Å². The van der Waals surface area contributed by atoms with Crippen LogP contribution < -0.4 is 4.74 Å². The number of aromatic nitrogens is 1. The lowest BCUT2D eigenvalue weighted by atomic mass is 10.2. The summed E-state index contributed by atoms with van der Waals surface area (Å²) in [5.74, 6) is -0.465. The standard InChI is InChI=1S/C11H7I2NO3/c12-7-4-8(13)11(17-5-9(15)16)10-6(7)2-1-3-14-10/h1-4H,5H2,(H,15,16). The molecule has 1 aromatic heterocycles. The van der Waals surface area contributed by atoms with E-state index in [2.05, 4.69) is 50.2 Å². The Kier molecular flexibility index (Phi) is 4.02. The van der Waals surface area contributed by atoms with E-state index in [0.29, 0.717) is 11.3 Å². The number of hydrogen-bond acceptors (Lipinski definition) is 3. The summed E-state index contributed by atoms with van der Waals surface area (Å²) in [5.41, 5.74) is 0.699. The van der Waals surface area contributed by atoms with Gasteiger partial charge in [0.2, 0.25) is 0 Å². The predicted molar refractivity (Wildman–Crippen MR) is 80.3 cm³/mol. The number of rotatable bonds is 3. The molecule has 17 heavy (non-hydrogen) atoms. The molecule has 0 aliphatic heterocycles. The van der Waals surface area contributed by atoms with Gasteiger partial charge in [0.1, 0.15) is 5.52 Å². The summed E-state index contributed by atoms with van der Waals surface area (Å²) in [7, 11) is 0. The van der Waals surface area contributed by atoms with E-state index < -0.39 is 5.97 Å². The minimum Gasteiger partial charge on any atom is -0.479 e. The Morgan fingerprint density at radius 3 is 2.88 bits per heavy atom. The van der Waals surface area contributed by atoms with E-state index in [9.17, 15) is 4.79 Å². The second kappa shape index (κ2) is 5.34. The van der Waals surface area contributed by atoms with Gasteiger partial charge in [0.25, 0.3) is 0 Å². The molecule has 0 spiro atoms. The van der Waals surface area contributed by atoms with Gasteiger partial charge < -0.3 is 9.84 Å². The first-order valence-corrected chi connectivity index (χ1v) is 6.82. The fourth-order valence-corrected chi connectivity index (χ4v) is 3.48. The van der Waals surface area contributed by atoms with Crippen molar-refractivity contribution < 1.29 is 14.6 Å². The van der Waals surface area contributed by atoms with Crippen LogP contribution in [-0.2, 0) is 4.79 Å². The summed E-state index contributed by atoms with van der Waals surface area (Å²) in [5, 5.41) is 9.61. The molecule has 0 saturated heterocycles. The highest BCUT2D eigenvalue weighted by atomic mass is 127. The van der Waals surface area contributed by atoms with Gasteiger partial charge in [0.15, 0.2) is 12.4 Å². The Morgan fingerprint density at radius 1 is 1.41 bits per heavy atom. The van der Waals surface area contributed by atoms with Crippen LogP contribution in [0.4, 0.5) is 0 Å². The molecule has 2 aromatic rings. The maximum absolute atomic E-state index is 10.5. The number of aliphatic carboxylic acids is 1.